The normalized spacial score (nSPS) is 19.8. The molecule has 0 amide bonds. The monoisotopic (exact) mass is 288 g/mol. The third kappa shape index (κ3) is 2.51. The molecule has 1 aliphatic heterocycles. The number of hydrogen-bond donors (Lipinski definition) is 0. The average molecular weight is 288 g/mol. The molecule has 0 radical (unpaired) electrons. The molecule has 2 aromatic heterocycles. The smallest absolute Gasteiger partial charge is 0.341 e. The van der Waals surface area contributed by atoms with Crippen molar-refractivity contribution in [1.29, 1.82) is 0 Å². The fourth-order valence-electron chi connectivity index (χ4n) is 3.00. The molecular formula is C15H20N4O2. The number of aromatic nitrogens is 3. The summed E-state index contributed by atoms with van der Waals surface area (Å²) < 4.78 is 6.48. The van der Waals surface area contributed by atoms with E-state index >= 15 is 0 Å². The maximum atomic E-state index is 11.8. The molecule has 3 rings (SSSR count). The van der Waals surface area contributed by atoms with Crippen LogP contribution in [0.5, 0.6) is 0 Å². The highest BCUT2D eigenvalue weighted by atomic mass is 16.5. The van der Waals surface area contributed by atoms with Gasteiger partial charge in [0.25, 0.3) is 0 Å². The van der Waals surface area contributed by atoms with Gasteiger partial charge in [0.05, 0.1) is 13.2 Å². The minimum Gasteiger partial charge on any atom is -0.465 e. The molecule has 1 unspecified atom stereocenters. The van der Waals surface area contributed by atoms with Crippen molar-refractivity contribution in [3.05, 3.63) is 29.7 Å². The number of rotatable bonds is 3. The van der Waals surface area contributed by atoms with Gasteiger partial charge in [-0.2, -0.15) is 0 Å². The Hall–Kier alpha value is -1.95. The molecule has 0 N–H and O–H groups in total. The van der Waals surface area contributed by atoms with Gasteiger partial charge in [-0.25, -0.2) is 14.3 Å². The first-order valence-corrected chi connectivity index (χ1v) is 7.42. The Morgan fingerprint density at radius 3 is 3.10 bits per heavy atom. The SMILES string of the molecule is CCN1CCCCC1c1nc2c(C(=O)OC)cccn2n1. The zero-order chi connectivity index (χ0) is 14.8. The van der Waals surface area contributed by atoms with Crippen LogP contribution in [0.2, 0.25) is 0 Å². The molecule has 0 bridgehead atoms. The summed E-state index contributed by atoms with van der Waals surface area (Å²) in [6, 6.07) is 3.75. The third-order valence-electron chi connectivity index (χ3n) is 4.10. The second-order valence-electron chi connectivity index (χ2n) is 5.29. The number of methoxy groups -OCH3 is 1. The van der Waals surface area contributed by atoms with Crippen molar-refractivity contribution in [2.45, 2.75) is 32.2 Å². The summed E-state index contributed by atoms with van der Waals surface area (Å²) in [5, 5.41) is 4.57. The molecule has 6 heteroatoms. The van der Waals surface area contributed by atoms with Gasteiger partial charge in [0.1, 0.15) is 5.56 Å². The fourth-order valence-corrected chi connectivity index (χ4v) is 3.00. The van der Waals surface area contributed by atoms with Gasteiger partial charge in [-0.1, -0.05) is 13.3 Å². The number of pyridine rings is 1. The van der Waals surface area contributed by atoms with Gasteiger partial charge in [0.15, 0.2) is 11.5 Å². The van der Waals surface area contributed by atoms with Crippen LogP contribution in [0.15, 0.2) is 18.3 Å². The van der Waals surface area contributed by atoms with Crippen LogP contribution in [-0.4, -0.2) is 45.7 Å². The van der Waals surface area contributed by atoms with E-state index in [0.717, 1.165) is 25.3 Å². The number of ether oxygens (including phenoxy) is 1. The lowest BCUT2D eigenvalue weighted by molar-refractivity contribution is 0.0602. The summed E-state index contributed by atoms with van der Waals surface area (Å²) in [7, 11) is 1.38. The maximum absolute atomic E-state index is 11.8. The lowest BCUT2D eigenvalue weighted by Gasteiger charge is -2.32. The van der Waals surface area contributed by atoms with Crippen molar-refractivity contribution in [3.8, 4) is 0 Å². The molecule has 1 atom stereocenters. The van der Waals surface area contributed by atoms with Gasteiger partial charge < -0.3 is 4.74 Å². The Labute approximate surface area is 123 Å². The molecule has 0 aliphatic carbocycles. The predicted octanol–water partition coefficient (Wildman–Crippen LogP) is 2.06. The molecule has 2 aromatic rings. The van der Waals surface area contributed by atoms with Crippen LogP contribution in [-0.2, 0) is 4.74 Å². The van der Waals surface area contributed by atoms with Crippen LogP contribution in [0.4, 0.5) is 0 Å². The van der Waals surface area contributed by atoms with E-state index in [9.17, 15) is 4.79 Å². The van der Waals surface area contributed by atoms with E-state index in [1.807, 2.05) is 6.20 Å². The van der Waals surface area contributed by atoms with Crippen molar-refractivity contribution < 1.29 is 9.53 Å². The summed E-state index contributed by atoms with van der Waals surface area (Å²) in [4.78, 5) is 18.8. The zero-order valence-electron chi connectivity index (χ0n) is 12.5. The molecule has 112 valence electrons. The highest BCUT2D eigenvalue weighted by molar-refractivity contribution is 5.95. The lowest BCUT2D eigenvalue weighted by Crippen LogP contribution is -2.33. The molecule has 21 heavy (non-hydrogen) atoms. The van der Waals surface area contributed by atoms with Crippen molar-refractivity contribution in [2.24, 2.45) is 0 Å². The number of carbonyl (C=O) groups is 1. The van der Waals surface area contributed by atoms with Crippen LogP contribution in [0, 0.1) is 0 Å². The Kier molecular flexibility index (Phi) is 3.88. The summed E-state index contributed by atoms with van der Waals surface area (Å²) in [5.41, 5.74) is 1.03. The molecule has 1 fully saturated rings. The van der Waals surface area contributed by atoms with Crippen LogP contribution in [0.3, 0.4) is 0 Å². The van der Waals surface area contributed by atoms with E-state index in [2.05, 4.69) is 21.9 Å². The number of nitrogens with zero attached hydrogens (tertiary/aromatic N) is 4. The van der Waals surface area contributed by atoms with Gasteiger partial charge in [-0.05, 0) is 38.1 Å². The van der Waals surface area contributed by atoms with Gasteiger partial charge in [0.2, 0.25) is 0 Å². The number of piperidine rings is 1. The zero-order valence-corrected chi connectivity index (χ0v) is 12.5. The number of carbonyl (C=O) groups excluding carboxylic acids is 1. The topological polar surface area (TPSA) is 59.7 Å². The Bertz CT molecular complexity index is 652. The first kappa shape index (κ1) is 14.0. The average Bonchev–Trinajstić information content (AvgIpc) is 2.97. The second-order valence-corrected chi connectivity index (χ2v) is 5.29. The summed E-state index contributed by atoms with van der Waals surface area (Å²) in [6.07, 6.45) is 5.31. The maximum Gasteiger partial charge on any atom is 0.341 e. The van der Waals surface area contributed by atoms with E-state index in [4.69, 9.17) is 4.74 Å². The first-order chi connectivity index (χ1) is 10.2. The molecular weight excluding hydrogens is 268 g/mol. The van der Waals surface area contributed by atoms with Gasteiger partial charge in [-0.3, -0.25) is 4.90 Å². The largest absolute Gasteiger partial charge is 0.465 e. The van der Waals surface area contributed by atoms with Gasteiger partial charge in [-0.15, -0.1) is 5.10 Å². The van der Waals surface area contributed by atoms with Gasteiger partial charge >= 0.3 is 5.97 Å². The molecule has 6 nitrogen and oxygen atoms in total. The Balaban J connectivity index is 2.02. The predicted molar refractivity (Wildman–Crippen MR) is 78.2 cm³/mol. The first-order valence-electron chi connectivity index (χ1n) is 7.42. The highest BCUT2D eigenvalue weighted by Gasteiger charge is 2.27. The van der Waals surface area contributed by atoms with Crippen molar-refractivity contribution in [1.82, 2.24) is 19.5 Å². The minimum atomic E-state index is -0.379. The van der Waals surface area contributed by atoms with Crippen LogP contribution in [0.1, 0.15) is 48.4 Å². The standard InChI is InChI=1S/C15H20N4O2/c1-3-18-9-5-4-8-12(18)13-16-14-11(15(20)21-2)7-6-10-19(14)17-13/h6-7,10,12H,3-5,8-9H2,1-2H3. The molecule has 0 aromatic carbocycles. The van der Waals surface area contributed by atoms with E-state index in [1.54, 1.807) is 16.6 Å². The third-order valence-corrected chi connectivity index (χ3v) is 4.10. The number of hydrogen-bond acceptors (Lipinski definition) is 5. The highest BCUT2D eigenvalue weighted by Crippen LogP contribution is 2.29. The second kappa shape index (κ2) is 5.81. The minimum absolute atomic E-state index is 0.245. The summed E-state index contributed by atoms with van der Waals surface area (Å²) >= 11 is 0. The van der Waals surface area contributed by atoms with E-state index in [-0.39, 0.29) is 12.0 Å². The number of fused-ring (bicyclic) bond motifs is 1. The van der Waals surface area contributed by atoms with Crippen LogP contribution >= 0.6 is 0 Å². The summed E-state index contributed by atoms with van der Waals surface area (Å²) in [5.74, 6) is 0.420. The summed E-state index contributed by atoms with van der Waals surface area (Å²) in [6.45, 7) is 4.23. The number of esters is 1. The number of likely N-dealkylation sites (tertiary alicyclic amines) is 1. The van der Waals surface area contributed by atoms with Crippen molar-refractivity contribution >= 4 is 11.6 Å². The van der Waals surface area contributed by atoms with Crippen LogP contribution < -0.4 is 0 Å². The fraction of sp³-hybridized carbons (Fsp3) is 0.533. The lowest BCUT2D eigenvalue weighted by atomic mass is 10.0. The molecule has 0 saturated carbocycles. The van der Waals surface area contributed by atoms with Crippen LogP contribution in [0.25, 0.3) is 5.65 Å². The quantitative estimate of drug-likeness (QED) is 0.809. The van der Waals surface area contributed by atoms with Crippen molar-refractivity contribution in [3.63, 3.8) is 0 Å². The Morgan fingerprint density at radius 2 is 2.33 bits per heavy atom. The molecule has 1 saturated heterocycles. The Morgan fingerprint density at radius 1 is 1.48 bits per heavy atom. The molecule has 3 heterocycles. The van der Waals surface area contributed by atoms with Crippen molar-refractivity contribution in [2.75, 3.05) is 20.2 Å². The van der Waals surface area contributed by atoms with E-state index < -0.39 is 0 Å². The van der Waals surface area contributed by atoms with E-state index in [0.29, 0.717) is 11.2 Å². The van der Waals surface area contributed by atoms with E-state index in [1.165, 1.54) is 20.0 Å². The molecule has 1 aliphatic rings. The molecule has 0 spiro atoms. The van der Waals surface area contributed by atoms with Gasteiger partial charge in [0, 0.05) is 6.20 Å².